The number of nitrogens with zero attached hydrogens (tertiary/aromatic N) is 1. The Kier molecular flexibility index (Phi) is 2.53. The summed E-state index contributed by atoms with van der Waals surface area (Å²) in [5, 5.41) is 0. The second-order valence-corrected chi connectivity index (χ2v) is 5.20. The molecule has 1 aromatic rings. The minimum atomic E-state index is -0.181. The van der Waals surface area contributed by atoms with Gasteiger partial charge in [0.05, 0.1) is 11.4 Å². The van der Waals surface area contributed by atoms with Crippen LogP contribution in [0, 0.1) is 0 Å². The van der Waals surface area contributed by atoms with E-state index < -0.39 is 0 Å². The van der Waals surface area contributed by atoms with E-state index in [1.807, 2.05) is 19.1 Å². The van der Waals surface area contributed by atoms with E-state index in [0.717, 1.165) is 11.3 Å². The molecule has 4 nitrogen and oxygen atoms in total. The van der Waals surface area contributed by atoms with Gasteiger partial charge in [0.25, 0.3) is 0 Å². The zero-order valence-corrected chi connectivity index (χ0v) is 10.6. The summed E-state index contributed by atoms with van der Waals surface area (Å²) in [7, 11) is 0. The van der Waals surface area contributed by atoms with Crippen molar-refractivity contribution in [2.24, 2.45) is 0 Å². The van der Waals surface area contributed by atoms with Gasteiger partial charge in [-0.05, 0) is 24.6 Å². The number of fused-ring (bicyclic) bond motifs is 1. The van der Waals surface area contributed by atoms with Crippen LogP contribution >= 0.6 is 0 Å². The number of benzene rings is 1. The van der Waals surface area contributed by atoms with Crippen molar-refractivity contribution in [1.82, 2.24) is 0 Å². The summed E-state index contributed by atoms with van der Waals surface area (Å²) in [4.78, 5) is 13.8. The predicted octanol–water partition coefficient (Wildman–Crippen LogP) is 1.89. The maximum Gasteiger partial charge on any atom is 0.227 e. The van der Waals surface area contributed by atoms with Crippen LogP contribution in [-0.2, 0) is 10.2 Å². The van der Waals surface area contributed by atoms with Crippen LogP contribution in [0.3, 0.4) is 0 Å². The molecular weight excluding hydrogens is 214 g/mol. The van der Waals surface area contributed by atoms with Crippen molar-refractivity contribution in [2.45, 2.75) is 32.6 Å². The molecular formula is C13H19N3O. The van der Waals surface area contributed by atoms with Gasteiger partial charge < -0.3 is 16.4 Å². The third kappa shape index (κ3) is 1.73. The molecule has 4 heteroatoms. The molecule has 0 fully saturated rings. The van der Waals surface area contributed by atoms with Gasteiger partial charge in [0.1, 0.15) is 0 Å². The van der Waals surface area contributed by atoms with E-state index >= 15 is 0 Å². The first-order valence-corrected chi connectivity index (χ1v) is 5.86. The Balaban J connectivity index is 2.67. The largest absolute Gasteiger partial charge is 0.397 e. The highest BCUT2D eigenvalue weighted by molar-refractivity contribution is 5.99. The van der Waals surface area contributed by atoms with Gasteiger partial charge in [-0.2, -0.15) is 0 Å². The molecule has 1 amide bonds. The monoisotopic (exact) mass is 233 g/mol. The first-order chi connectivity index (χ1) is 7.86. The lowest BCUT2D eigenvalue weighted by Crippen LogP contribution is -2.41. The molecule has 0 aliphatic carbocycles. The quantitative estimate of drug-likeness (QED) is 0.727. The summed E-state index contributed by atoms with van der Waals surface area (Å²) >= 11 is 0. The highest BCUT2D eigenvalue weighted by Gasteiger charge is 2.36. The summed E-state index contributed by atoms with van der Waals surface area (Å²) in [5.41, 5.74) is 14.6. The third-order valence-electron chi connectivity index (χ3n) is 3.43. The summed E-state index contributed by atoms with van der Waals surface area (Å²) in [6, 6.07) is 3.72. The standard InChI is InChI=1S/C13H19N3O/c1-4-16-11-6-10(15)9(14)5-8(11)13(2,3)7-12(16)17/h5-6H,4,7,14-15H2,1-3H3. The van der Waals surface area contributed by atoms with E-state index in [1.165, 1.54) is 0 Å². The Labute approximate surface area is 102 Å². The van der Waals surface area contributed by atoms with Crippen molar-refractivity contribution in [3.8, 4) is 0 Å². The summed E-state index contributed by atoms with van der Waals surface area (Å²) < 4.78 is 0. The first-order valence-electron chi connectivity index (χ1n) is 5.86. The molecule has 0 radical (unpaired) electrons. The minimum absolute atomic E-state index is 0.147. The van der Waals surface area contributed by atoms with E-state index in [0.29, 0.717) is 24.3 Å². The van der Waals surface area contributed by atoms with Crippen LogP contribution in [0.5, 0.6) is 0 Å². The normalized spacial score (nSPS) is 18.1. The Morgan fingerprint density at radius 1 is 1.29 bits per heavy atom. The van der Waals surface area contributed by atoms with Crippen LogP contribution in [0.1, 0.15) is 32.8 Å². The van der Waals surface area contributed by atoms with Crippen molar-refractivity contribution in [2.75, 3.05) is 22.9 Å². The average molecular weight is 233 g/mol. The number of carbonyl (C=O) groups excluding carboxylic acids is 1. The van der Waals surface area contributed by atoms with E-state index in [2.05, 4.69) is 13.8 Å². The number of nitrogen functional groups attached to an aromatic ring is 2. The topological polar surface area (TPSA) is 72.3 Å². The fourth-order valence-electron chi connectivity index (χ4n) is 2.44. The average Bonchev–Trinajstić information content (AvgIpc) is 2.21. The van der Waals surface area contributed by atoms with E-state index in [9.17, 15) is 4.79 Å². The van der Waals surface area contributed by atoms with Crippen molar-refractivity contribution in [1.29, 1.82) is 0 Å². The number of rotatable bonds is 1. The Morgan fingerprint density at radius 2 is 1.88 bits per heavy atom. The van der Waals surface area contributed by atoms with Crippen molar-refractivity contribution < 1.29 is 4.79 Å². The smallest absolute Gasteiger partial charge is 0.227 e. The molecule has 0 spiro atoms. The zero-order valence-electron chi connectivity index (χ0n) is 10.6. The molecule has 92 valence electrons. The maximum absolute atomic E-state index is 12.1. The fraction of sp³-hybridized carbons (Fsp3) is 0.462. The van der Waals surface area contributed by atoms with Gasteiger partial charge in [-0.25, -0.2) is 0 Å². The van der Waals surface area contributed by atoms with Gasteiger partial charge in [-0.15, -0.1) is 0 Å². The Bertz CT molecular complexity index is 480. The molecule has 0 saturated carbocycles. The van der Waals surface area contributed by atoms with Gasteiger partial charge in [0.15, 0.2) is 0 Å². The second kappa shape index (κ2) is 3.65. The summed E-state index contributed by atoms with van der Waals surface area (Å²) in [6.07, 6.45) is 0.511. The van der Waals surface area contributed by atoms with E-state index in [1.54, 1.807) is 4.90 Å². The highest BCUT2D eigenvalue weighted by atomic mass is 16.2. The highest BCUT2D eigenvalue weighted by Crippen LogP contribution is 2.42. The minimum Gasteiger partial charge on any atom is -0.397 e. The molecule has 1 aliphatic heterocycles. The molecule has 1 aromatic carbocycles. The lowest BCUT2D eigenvalue weighted by atomic mass is 9.77. The molecule has 0 bridgehead atoms. The van der Waals surface area contributed by atoms with Crippen molar-refractivity contribution in [3.05, 3.63) is 17.7 Å². The number of nitrogens with two attached hydrogens (primary N) is 2. The molecule has 2 rings (SSSR count). The number of hydrogen-bond acceptors (Lipinski definition) is 3. The van der Waals surface area contributed by atoms with Gasteiger partial charge in [0.2, 0.25) is 5.91 Å². The fourth-order valence-corrected chi connectivity index (χ4v) is 2.44. The van der Waals surface area contributed by atoms with Crippen LogP contribution in [0.15, 0.2) is 12.1 Å². The molecule has 4 N–H and O–H groups in total. The van der Waals surface area contributed by atoms with Crippen molar-refractivity contribution in [3.63, 3.8) is 0 Å². The van der Waals surface area contributed by atoms with Crippen LogP contribution < -0.4 is 16.4 Å². The third-order valence-corrected chi connectivity index (χ3v) is 3.43. The maximum atomic E-state index is 12.1. The van der Waals surface area contributed by atoms with E-state index in [-0.39, 0.29) is 11.3 Å². The van der Waals surface area contributed by atoms with Gasteiger partial charge in [-0.3, -0.25) is 4.79 Å². The number of hydrogen-bond donors (Lipinski definition) is 2. The first kappa shape index (κ1) is 11.8. The molecule has 1 heterocycles. The number of carbonyl (C=O) groups is 1. The lowest BCUT2D eigenvalue weighted by Gasteiger charge is -2.38. The molecule has 0 atom stereocenters. The van der Waals surface area contributed by atoms with Crippen molar-refractivity contribution >= 4 is 23.0 Å². The van der Waals surface area contributed by atoms with Crippen LogP contribution in [-0.4, -0.2) is 12.5 Å². The molecule has 1 aliphatic rings. The van der Waals surface area contributed by atoms with Crippen LogP contribution in [0.2, 0.25) is 0 Å². The second-order valence-electron chi connectivity index (χ2n) is 5.20. The van der Waals surface area contributed by atoms with Crippen LogP contribution in [0.25, 0.3) is 0 Å². The summed E-state index contributed by atoms with van der Waals surface area (Å²) in [5.74, 6) is 0.147. The van der Waals surface area contributed by atoms with Crippen LogP contribution in [0.4, 0.5) is 17.1 Å². The lowest BCUT2D eigenvalue weighted by molar-refractivity contribution is -0.120. The van der Waals surface area contributed by atoms with E-state index in [4.69, 9.17) is 11.5 Å². The summed E-state index contributed by atoms with van der Waals surface area (Å²) in [6.45, 7) is 6.75. The molecule has 0 aromatic heterocycles. The number of amides is 1. The zero-order chi connectivity index (χ0) is 12.8. The Hall–Kier alpha value is -1.71. The predicted molar refractivity (Wildman–Crippen MR) is 70.9 cm³/mol. The SMILES string of the molecule is CCN1C(=O)CC(C)(C)c2cc(N)c(N)cc21. The molecule has 0 saturated heterocycles. The molecule has 17 heavy (non-hydrogen) atoms. The van der Waals surface area contributed by atoms with Gasteiger partial charge in [-0.1, -0.05) is 13.8 Å². The molecule has 0 unspecified atom stereocenters. The van der Waals surface area contributed by atoms with Gasteiger partial charge in [0, 0.05) is 24.1 Å². The van der Waals surface area contributed by atoms with Gasteiger partial charge >= 0.3 is 0 Å². The Morgan fingerprint density at radius 3 is 2.47 bits per heavy atom. The number of anilines is 3.